The number of aliphatic carboxylic acids is 1. The first-order valence-electron chi connectivity index (χ1n) is 34.7. The van der Waals surface area contributed by atoms with Crippen molar-refractivity contribution in [1.82, 2.24) is 24.5 Å². The molecule has 4 aliphatic rings. The van der Waals surface area contributed by atoms with Gasteiger partial charge in [0.1, 0.15) is 0 Å². The zero-order valence-electron chi connectivity index (χ0n) is 62.2. The number of hydrogen-bond acceptors (Lipinski definition) is 15. The van der Waals surface area contributed by atoms with E-state index in [1.165, 1.54) is 26.5 Å². The molecule has 0 aromatic carbocycles. The smallest absolute Gasteiger partial charge is 0.309 e. The molecular formula is C71H125N5O15Si2. The molecule has 0 radical (unpaired) electrons. The number of carboxylic acids is 1. The number of likely N-dealkylation sites (tertiary alicyclic amines) is 4. The molecule has 4 rings (SSSR count). The number of carboxylic acid groups (broad SMARTS) is 1. The maximum absolute atomic E-state index is 15.7. The number of ether oxygens (including phenoxy) is 3. The molecular weight excluding hydrogens is 1220 g/mol. The molecule has 22 heteroatoms. The van der Waals surface area contributed by atoms with Gasteiger partial charge in [-0.1, -0.05) is 124 Å². The molecule has 4 fully saturated rings. The molecule has 20 nitrogen and oxygen atoms in total. The van der Waals surface area contributed by atoms with E-state index < -0.39 is 151 Å². The summed E-state index contributed by atoms with van der Waals surface area (Å²) in [6, 6.07) is 0.961. The van der Waals surface area contributed by atoms with Gasteiger partial charge in [-0.3, -0.25) is 67.5 Å². The zero-order chi connectivity index (χ0) is 71.3. The largest absolute Gasteiger partial charge is 0.481 e. The second-order valence-electron chi connectivity index (χ2n) is 34.7. The average Bonchev–Trinajstić information content (AvgIpc) is 1.60. The van der Waals surface area contributed by atoms with Gasteiger partial charge in [0.05, 0.1) is 91.6 Å². The number of methoxy groups -OCH3 is 1. The first kappa shape index (κ1) is 81.2. The van der Waals surface area contributed by atoms with Crippen molar-refractivity contribution in [1.29, 1.82) is 0 Å². The molecule has 0 saturated carbocycles. The van der Waals surface area contributed by atoms with Crippen LogP contribution < -0.4 is 0 Å². The minimum atomic E-state index is -2.30. The van der Waals surface area contributed by atoms with Crippen LogP contribution in [0.25, 0.3) is 0 Å². The van der Waals surface area contributed by atoms with Gasteiger partial charge in [-0.05, 0) is 144 Å². The molecule has 93 heavy (non-hydrogen) atoms. The second-order valence-corrected chi connectivity index (χ2v) is 43.6. The number of esters is 1. The van der Waals surface area contributed by atoms with Gasteiger partial charge in [-0.25, -0.2) is 0 Å². The molecule has 1 N–H and O–H groups in total. The Morgan fingerprint density at radius 2 is 0.968 bits per heavy atom. The highest BCUT2D eigenvalue weighted by Crippen LogP contribution is 2.57. The number of nitrogens with zero attached hydrogens (tertiary/aromatic N) is 5. The van der Waals surface area contributed by atoms with Crippen LogP contribution in [0.1, 0.15) is 182 Å². The Morgan fingerprint density at radius 1 is 0.548 bits per heavy atom. The highest BCUT2D eigenvalue weighted by Gasteiger charge is 2.64. The van der Waals surface area contributed by atoms with E-state index in [9.17, 15) is 24.3 Å². The highest BCUT2D eigenvalue weighted by atomic mass is 28.4. The summed E-state index contributed by atoms with van der Waals surface area (Å²) in [6.07, 6.45) is 3.34. The third kappa shape index (κ3) is 20.2. The topological polar surface area (TPSA) is 244 Å². The van der Waals surface area contributed by atoms with E-state index in [1.807, 2.05) is 81.3 Å². The maximum Gasteiger partial charge on any atom is 0.309 e. The summed E-state index contributed by atoms with van der Waals surface area (Å²) < 4.78 is 23.4. The molecule has 8 amide bonds. The quantitative estimate of drug-likeness (QED) is 0.0263. The summed E-state index contributed by atoms with van der Waals surface area (Å²) in [6.45, 7) is 44.1. The molecule has 4 aliphatic heterocycles. The molecule has 0 aliphatic carbocycles. The van der Waals surface area contributed by atoms with E-state index in [4.69, 9.17) is 18.3 Å². The number of imide groups is 4. The average molecular weight is 1340 g/mol. The monoisotopic (exact) mass is 1340 g/mol. The summed E-state index contributed by atoms with van der Waals surface area (Å²) in [5.41, 5.74) is -5.24. The Kier molecular flexibility index (Phi) is 27.5. The summed E-state index contributed by atoms with van der Waals surface area (Å²) in [7, 11) is 0.908. The van der Waals surface area contributed by atoms with Gasteiger partial charge in [0.2, 0.25) is 47.3 Å². The summed E-state index contributed by atoms with van der Waals surface area (Å²) in [5.74, 6) is -15.7. The Hall–Kier alpha value is -4.23. The van der Waals surface area contributed by atoms with Crippen LogP contribution in [0.3, 0.4) is 0 Å². The van der Waals surface area contributed by atoms with Crippen LogP contribution in [0.2, 0.25) is 38.3 Å². The minimum absolute atomic E-state index is 0.00875. The zero-order valence-corrected chi connectivity index (χ0v) is 64.2. The minimum Gasteiger partial charge on any atom is -0.481 e. The van der Waals surface area contributed by atoms with Crippen molar-refractivity contribution in [2.24, 2.45) is 91.7 Å². The molecule has 532 valence electrons. The van der Waals surface area contributed by atoms with Crippen LogP contribution in [0.5, 0.6) is 0 Å². The Morgan fingerprint density at radius 3 is 1.39 bits per heavy atom. The maximum atomic E-state index is 15.7. The van der Waals surface area contributed by atoms with Crippen LogP contribution in [-0.2, 0) is 66.3 Å². The van der Waals surface area contributed by atoms with Crippen molar-refractivity contribution in [2.75, 3.05) is 73.8 Å². The lowest BCUT2D eigenvalue weighted by Crippen LogP contribution is -2.45. The van der Waals surface area contributed by atoms with E-state index >= 15 is 28.8 Å². The number of hydrogen-bond donors (Lipinski definition) is 1. The van der Waals surface area contributed by atoms with Gasteiger partial charge in [0, 0.05) is 33.3 Å². The van der Waals surface area contributed by atoms with Crippen LogP contribution >= 0.6 is 0 Å². The third-order valence-corrected chi connectivity index (χ3v) is 28.2. The van der Waals surface area contributed by atoms with Crippen molar-refractivity contribution in [3.8, 4) is 0 Å². The van der Waals surface area contributed by atoms with Gasteiger partial charge >= 0.3 is 11.9 Å². The number of amides is 8. The molecule has 0 spiro atoms. The highest BCUT2D eigenvalue weighted by molar-refractivity contribution is 6.84. The predicted octanol–water partition coefficient (Wildman–Crippen LogP) is 11.1. The number of likely N-dealkylation sites (N-methyl/N-ethyl adjacent to an activating group) is 1. The van der Waals surface area contributed by atoms with Crippen molar-refractivity contribution in [3.63, 3.8) is 0 Å². The molecule has 11 unspecified atom stereocenters. The van der Waals surface area contributed by atoms with Crippen LogP contribution in [0.15, 0.2) is 0 Å². The molecule has 0 aromatic rings. The van der Waals surface area contributed by atoms with Crippen molar-refractivity contribution < 1.29 is 71.4 Å². The van der Waals surface area contributed by atoms with E-state index in [2.05, 4.69) is 53.9 Å². The first-order chi connectivity index (χ1) is 42.5. The normalized spacial score (nSPS) is 24.5. The molecule has 4 heterocycles. The molecule has 11 atom stereocenters. The van der Waals surface area contributed by atoms with Crippen molar-refractivity contribution in [3.05, 3.63) is 0 Å². The predicted molar refractivity (Wildman–Crippen MR) is 364 cm³/mol. The summed E-state index contributed by atoms with van der Waals surface area (Å²) in [4.78, 5) is 156. The lowest BCUT2D eigenvalue weighted by Gasteiger charge is -2.42. The SMILES string of the molecule is CCCC[Si](C)(C)O[Si](C)(C)CCCN1C(=O)C(CC(C)(C)C2C(=O)N(CCN(C)C)C(=O)C2CC(C)(C)C2C(=O)N(C(C)COCCOC)C(=O)C2CC(C)(C)C2C(=O)N(CCC(C)(C)C)C(=O)C2CC(C)(C)C)C(C(C)(C)CC(C(=O)O)C(C)C(=O)OCC)C1=O. The van der Waals surface area contributed by atoms with Crippen LogP contribution in [0.4, 0.5) is 0 Å². The summed E-state index contributed by atoms with van der Waals surface area (Å²) >= 11 is 0. The number of unbranched alkanes of at least 4 members (excludes halogenated alkanes) is 1. The van der Waals surface area contributed by atoms with Gasteiger partial charge in [-0.15, -0.1) is 0 Å². The molecule has 0 bridgehead atoms. The van der Waals surface area contributed by atoms with E-state index in [0.717, 1.165) is 18.9 Å². The Bertz CT molecular complexity index is 2690. The van der Waals surface area contributed by atoms with Gasteiger partial charge in [-0.2, -0.15) is 0 Å². The summed E-state index contributed by atoms with van der Waals surface area (Å²) in [5, 5.41) is 10.7. The van der Waals surface area contributed by atoms with Gasteiger partial charge < -0.3 is 28.3 Å². The van der Waals surface area contributed by atoms with Crippen molar-refractivity contribution in [2.45, 2.75) is 227 Å². The van der Waals surface area contributed by atoms with Gasteiger partial charge in [0.25, 0.3) is 0 Å². The first-order valence-corrected chi connectivity index (χ1v) is 40.9. The Balaban J connectivity index is 1.90. The van der Waals surface area contributed by atoms with E-state index in [1.54, 1.807) is 34.8 Å². The Labute approximate surface area is 561 Å². The van der Waals surface area contributed by atoms with Gasteiger partial charge in [0.15, 0.2) is 16.6 Å². The fourth-order valence-electron chi connectivity index (χ4n) is 16.2. The third-order valence-electron chi connectivity index (χ3n) is 20.7. The van der Waals surface area contributed by atoms with E-state index in [-0.39, 0.29) is 94.4 Å². The van der Waals surface area contributed by atoms with Crippen molar-refractivity contribution >= 4 is 75.8 Å². The van der Waals surface area contributed by atoms with Crippen LogP contribution in [-0.4, -0.2) is 185 Å². The standard InChI is InChI=1S/C71H125N5O15Si2/c1-26-28-37-92(22,23)91-93(24,25)38-29-31-73-57(78)49(53(60(73)81)68(11,12)40-47(64(85)86)46(4)65(87)90-27-2)41-69(13,14)54-50(58(79)75(62(54)83)34-33-72(19)20)42-71(17,18)55-51(59(80)76(63(55)84)45(3)44-89-36-35-88-21)43-70(15,16)52-48(39-67(8,9)10)56(77)74(61(52)82)32-30-66(5,6)7/h45-55H,26-44H2,1-25H3,(H,85,86). The second kappa shape index (κ2) is 31.5. The molecule has 0 aromatic heterocycles. The lowest BCUT2D eigenvalue weighted by molar-refractivity contribution is -0.158. The molecule has 4 saturated heterocycles. The fourth-order valence-corrected chi connectivity index (χ4v) is 25.3. The number of carbonyl (C=O) groups is 10. The lowest BCUT2D eigenvalue weighted by atomic mass is 9.58. The van der Waals surface area contributed by atoms with E-state index in [0.29, 0.717) is 31.9 Å². The fraction of sp³-hybridized carbons (Fsp3) is 0.859. The number of carbonyl (C=O) groups excluding carboxylic acids is 9. The van der Waals surface area contributed by atoms with Crippen LogP contribution in [0, 0.1) is 91.7 Å². The number of rotatable bonds is 37.